The second kappa shape index (κ2) is 5.99. The van der Waals surface area contributed by atoms with Gasteiger partial charge in [-0.05, 0) is 6.92 Å². The van der Waals surface area contributed by atoms with Crippen LogP contribution in [-0.4, -0.2) is 47.6 Å². The van der Waals surface area contributed by atoms with Gasteiger partial charge < -0.3 is 5.32 Å². The van der Waals surface area contributed by atoms with E-state index in [0.717, 1.165) is 17.8 Å². The van der Waals surface area contributed by atoms with E-state index >= 15 is 0 Å². The molecule has 3 heteroatoms. The Hall–Kier alpha value is 0.270. The van der Waals surface area contributed by atoms with Crippen LogP contribution in [0.1, 0.15) is 27.7 Å². The van der Waals surface area contributed by atoms with Crippen molar-refractivity contribution in [2.24, 2.45) is 0 Å². The van der Waals surface area contributed by atoms with Gasteiger partial charge in [0.2, 0.25) is 0 Å². The highest BCUT2D eigenvalue weighted by Gasteiger charge is 2.24. The summed E-state index contributed by atoms with van der Waals surface area (Å²) in [7, 11) is 0. The fourth-order valence-corrected chi connectivity index (χ4v) is 2.97. The summed E-state index contributed by atoms with van der Waals surface area (Å²) in [6.07, 6.45) is 0. The number of nitrogens with one attached hydrogen (secondary N) is 1. The first-order chi connectivity index (χ1) is 6.61. The zero-order chi connectivity index (χ0) is 10.6. The average Bonchev–Trinajstić information content (AvgIpc) is 2.12. The maximum Gasteiger partial charge on any atom is 0.0184 e. The molecule has 0 radical (unpaired) electrons. The molecule has 2 atom stereocenters. The first-order valence-corrected chi connectivity index (χ1v) is 6.75. The zero-order valence-corrected chi connectivity index (χ0v) is 10.7. The lowest BCUT2D eigenvalue weighted by Gasteiger charge is -2.37. The number of thioether (sulfide) groups is 1. The van der Waals surface area contributed by atoms with Gasteiger partial charge in [-0.1, -0.05) is 20.8 Å². The Balaban J connectivity index is 2.22. The standard InChI is InChI=1S/C11H24N2S/c1-9(2)12-5-6-13-7-8-14-11(4)10(13)3/h9-12H,5-8H2,1-4H3. The molecule has 0 aliphatic carbocycles. The topological polar surface area (TPSA) is 15.3 Å². The number of hydrogen-bond acceptors (Lipinski definition) is 3. The second-order valence-corrected chi connectivity index (χ2v) is 5.95. The molecule has 1 heterocycles. The zero-order valence-electron chi connectivity index (χ0n) is 9.92. The third-order valence-electron chi connectivity index (χ3n) is 2.97. The smallest absolute Gasteiger partial charge is 0.0184 e. The quantitative estimate of drug-likeness (QED) is 0.771. The normalized spacial score (nSPS) is 29.8. The molecule has 0 bridgehead atoms. The molecule has 0 spiro atoms. The molecule has 0 saturated carbocycles. The van der Waals surface area contributed by atoms with Crippen LogP contribution < -0.4 is 5.32 Å². The number of rotatable bonds is 4. The van der Waals surface area contributed by atoms with Crippen molar-refractivity contribution in [2.45, 2.75) is 45.0 Å². The molecule has 1 fully saturated rings. The van der Waals surface area contributed by atoms with Crippen molar-refractivity contribution in [1.82, 2.24) is 10.2 Å². The summed E-state index contributed by atoms with van der Waals surface area (Å²) < 4.78 is 0. The Kier molecular flexibility index (Phi) is 5.28. The van der Waals surface area contributed by atoms with Gasteiger partial charge in [0, 0.05) is 42.7 Å². The molecule has 0 aromatic rings. The van der Waals surface area contributed by atoms with Gasteiger partial charge in [0.1, 0.15) is 0 Å². The molecule has 1 aliphatic rings. The largest absolute Gasteiger partial charge is 0.313 e. The molecule has 1 rings (SSSR count). The van der Waals surface area contributed by atoms with Gasteiger partial charge in [0.25, 0.3) is 0 Å². The van der Waals surface area contributed by atoms with Crippen LogP contribution in [0.25, 0.3) is 0 Å². The molecule has 1 saturated heterocycles. The predicted molar refractivity (Wildman–Crippen MR) is 66.1 cm³/mol. The van der Waals surface area contributed by atoms with E-state index in [0.29, 0.717) is 6.04 Å². The minimum absolute atomic E-state index is 0.613. The molecule has 1 aliphatic heterocycles. The summed E-state index contributed by atoms with van der Waals surface area (Å²) in [5, 5.41) is 4.27. The first kappa shape index (κ1) is 12.3. The molecular formula is C11H24N2S. The van der Waals surface area contributed by atoms with Crippen molar-refractivity contribution < 1.29 is 0 Å². The third-order valence-corrected chi connectivity index (χ3v) is 4.30. The van der Waals surface area contributed by atoms with Crippen LogP contribution in [0, 0.1) is 0 Å². The maximum absolute atomic E-state index is 3.48. The summed E-state index contributed by atoms with van der Waals surface area (Å²) in [6, 6.07) is 1.35. The van der Waals surface area contributed by atoms with Crippen molar-refractivity contribution >= 4 is 11.8 Å². The molecule has 2 nitrogen and oxygen atoms in total. The summed E-state index contributed by atoms with van der Waals surface area (Å²) in [6.45, 7) is 12.7. The van der Waals surface area contributed by atoms with Crippen LogP contribution >= 0.6 is 11.8 Å². The van der Waals surface area contributed by atoms with Gasteiger partial charge >= 0.3 is 0 Å². The second-order valence-electron chi connectivity index (χ2n) is 4.46. The molecule has 0 amide bonds. The lowest BCUT2D eigenvalue weighted by molar-refractivity contribution is 0.212. The van der Waals surface area contributed by atoms with Gasteiger partial charge in [-0.3, -0.25) is 4.90 Å². The molecule has 2 unspecified atom stereocenters. The lowest BCUT2D eigenvalue weighted by atomic mass is 10.2. The molecule has 0 aromatic carbocycles. The highest BCUT2D eigenvalue weighted by molar-refractivity contribution is 8.00. The minimum Gasteiger partial charge on any atom is -0.313 e. The van der Waals surface area contributed by atoms with E-state index in [9.17, 15) is 0 Å². The predicted octanol–water partition coefficient (Wildman–Crippen LogP) is 1.81. The van der Waals surface area contributed by atoms with Gasteiger partial charge in [-0.2, -0.15) is 11.8 Å². The summed E-state index contributed by atoms with van der Waals surface area (Å²) in [5.74, 6) is 1.30. The molecule has 84 valence electrons. The van der Waals surface area contributed by atoms with Gasteiger partial charge in [-0.15, -0.1) is 0 Å². The van der Waals surface area contributed by atoms with Gasteiger partial charge in [-0.25, -0.2) is 0 Å². The Morgan fingerprint density at radius 3 is 2.79 bits per heavy atom. The summed E-state index contributed by atoms with van der Waals surface area (Å²) in [5.41, 5.74) is 0. The van der Waals surface area contributed by atoms with E-state index < -0.39 is 0 Å². The van der Waals surface area contributed by atoms with Gasteiger partial charge in [0.05, 0.1) is 0 Å². The molecule has 0 aromatic heterocycles. The van der Waals surface area contributed by atoms with Crippen LogP contribution in [0.15, 0.2) is 0 Å². The van der Waals surface area contributed by atoms with E-state index in [1.807, 2.05) is 0 Å². The van der Waals surface area contributed by atoms with Crippen LogP contribution in [0.3, 0.4) is 0 Å². The SMILES string of the molecule is CC(C)NCCN1CCSC(C)C1C. The van der Waals surface area contributed by atoms with Crippen molar-refractivity contribution in [3.8, 4) is 0 Å². The van der Waals surface area contributed by atoms with E-state index in [2.05, 4.69) is 49.7 Å². The number of nitrogens with zero attached hydrogens (tertiary/aromatic N) is 1. The van der Waals surface area contributed by atoms with E-state index in [1.54, 1.807) is 0 Å². The fourth-order valence-electron chi connectivity index (χ4n) is 1.81. The monoisotopic (exact) mass is 216 g/mol. The van der Waals surface area contributed by atoms with Gasteiger partial charge in [0.15, 0.2) is 0 Å². The van der Waals surface area contributed by atoms with Crippen LogP contribution in [-0.2, 0) is 0 Å². The van der Waals surface area contributed by atoms with E-state index in [1.165, 1.54) is 18.8 Å². The highest BCUT2D eigenvalue weighted by Crippen LogP contribution is 2.23. The Morgan fingerprint density at radius 2 is 2.14 bits per heavy atom. The molecular weight excluding hydrogens is 192 g/mol. The molecule has 1 N–H and O–H groups in total. The average molecular weight is 216 g/mol. The minimum atomic E-state index is 0.613. The van der Waals surface area contributed by atoms with E-state index in [4.69, 9.17) is 0 Å². The highest BCUT2D eigenvalue weighted by atomic mass is 32.2. The molecule has 14 heavy (non-hydrogen) atoms. The van der Waals surface area contributed by atoms with Crippen molar-refractivity contribution in [2.75, 3.05) is 25.4 Å². The van der Waals surface area contributed by atoms with Crippen molar-refractivity contribution in [3.63, 3.8) is 0 Å². The van der Waals surface area contributed by atoms with Crippen LogP contribution in [0.5, 0.6) is 0 Å². The Bertz CT molecular complexity index is 161. The van der Waals surface area contributed by atoms with E-state index in [-0.39, 0.29) is 0 Å². The van der Waals surface area contributed by atoms with Crippen LogP contribution in [0.4, 0.5) is 0 Å². The van der Waals surface area contributed by atoms with Crippen molar-refractivity contribution in [3.05, 3.63) is 0 Å². The van der Waals surface area contributed by atoms with Crippen molar-refractivity contribution in [1.29, 1.82) is 0 Å². The Labute approximate surface area is 92.8 Å². The first-order valence-electron chi connectivity index (χ1n) is 5.70. The number of hydrogen-bond donors (Lipinski definition) is 1. The lowest BCUT2D eigenvalue weighted by Crippen LogP contribution is -2.47. The van der Waals surface area contributed by atoms with Crippen LogP contribution in [0.2, 0.25) is 0 Å². The summed E-state index contributed by atoms with van der Waals surface area (Å²) >= 11 is 2.11. The maximum atomic E-state index is 3.48. The summed E-state index contributed by atoms with van der Waals surface area (Å²) in [4.78, 5) is 2.61. The third kappa shape index (κ3) is 3.79. The Morgan fingerprint density at radius 1 is 1.43 bits per heavy atom. The fraction of sp³-hybridized carbons (Fsp3) is 1.00.